The first kappa shape index (κ1) is 16.9. The molecule has 0 saturated carbocycles. The summed E-state index contributed by atoms with van der Waals surface area (Å²) in [4.78, 5) is 0. The van der Waals surface area contributed by atoms with E-state index in [4.69, 9.17) is 10.2 Å². The van der Waals surface area contributed by atoms with Gasteiger partial charge in [0, 0.05) is 0 Å². The van der Waals surface area contributed by atoms with Gasteiger partial charge in [0.2, 0.25) is 0 Å². The van der Waals surface area contributed by atoms with E-state index in [1.165, 1.54) is 0 Å². The monoisotopic (exact) mass is 436 g/mol. The number of hydrogen-bond donors (Lipinski definition) is 2. The molecule has 0 spiro atoms. The molecular weight excluding hydrogens is 427 g/mol. The van der Waals surface area contributed by atoms with E-state index in [0.29, 0.717) is 11.5 Å². The Morgan fingerprint density at radius 1 is 0.647 bits per heavy atom. The van der Waals surface area contributed by atoms with Gasteiger partial charge in [-0.15, -0.1) is 0 Å². The van der Waals surface area contributed by atoms with Crippen molar-refractivity contribution in [3.8, 4) is 11.5 Å². The number of phenols is 2. The average molecular weight is 439 g/mol. The molecule has 0 aliphatic carbocycles. The van der Waals surface area contributed by atoms with Crippen LogP contribution in [0.15, 0.2) is 60.7 Å². The third-order valence-electron chi connectivity index (χ3n) is 1.51. The zero-order valence-corrected chi connectivity index (χ0v) is 14.6. The molecule has 90 valence electrons. The van der Waals surface area contributed by atoms with Gasteiger partial charge in [0.1, 0.15) is 11.5 Å². The maximum atomic E-state index is 8.63. The van der Waals surface area contributed by atoms with Crippen molar-refractivity contribution >= 4 is 24.4 Å². The maximum absolute atomic E-state index is 8.63. The van der Waals surface area contributed by atoms with E-state index >= 15 is 0 Å². The van der Waals surface area contributed by atoms with Gasteiger partial charge in [-0.05, 0) is 24.3 Å². The summed E-state index contributed by atoms with van der Waals surface area (Å²) in [6.07, 6.45) is 0. The van der Waals surface area contributed by atoms with Gasteiger partial charge in [0.05, 0.1) is 0 Å². The molecule has 2 rings (SSSR count). The molecule has 0 aliphatic rings. The third kappa shape index (κ3) is 12.1. The number of rotatable bonds is 0. The summed E-state index contributed by atoms with van der Waals surface area (Å²) >= 11 is 6.32. The Balaban J connectivity index is 0.000000247. The van der Waals surface area contributed by atoms with Crippen LogP contribution < -0.4 is 0 Å². The first-order valence-corrected chi connectivity index (χ1v) is 15.9. The minimum absolute atomic E-state index is 0.145. The molecule has 0 heterocycles. The Hall–Kier alpha value is -0.117. The van der Waals surface area contributed by atoms with Crippen molar-refractivity contribution in [1.29, 1.82) is 0 Å². The van der Waals surface area contributed by atoms with E-state index in [1.807, 2.05) is 12.1 Å². The molecule has 2 aromatic carbocycles. The van der Waals surface area contributed by atoms with Crippen LogP contribution in [-0.2, 0) is 18.5 Å². The summed E-state index contributed by atoms with van der Waals surface area (Å²) < 4.78 is 0. The SMILES string of the molecule is Oc1ccccc1.Oc1ccccc1.[Br][Zr][Br]. The van der Waals surface area contributed by atoms with Gasteiger partial charge in [-0.1, -0.05) is 36.4 Å². The van der Waals surface area contributed by atoms with Crippen LogP contribution in [-0.4, -0.2) is 10.2 Å². The van der Waals surface area contributed by atoms with Crippen molar-refractivity contribution in [2.75, 3.05) is 0 Å². The Morgan fingerprint density at radius 2 is 0.882 bits per heavy atom. The average Bonchev–Trinajstić information content (AvgIpc) is 2.33. The van der Waals surface area contributed by atoms with Gasteiger partial charge in [-0.3, -0.25) is 0 Å². The van der Waals surface area contributed by atoms with Gasteiger partial charge in [-0.2, -0.15) is 0 Å². The summed E-state index contributed by atoms with van der Waals surface area (Å²) in [6, 6.07) is 17.4. The van der Waals surface area contributed by atoms with Crippen molar-refractivity contribution in [2.45, 2.75) is 0 Å². The molecule has 0 atom stereocenters. The molecule has 0 unspecified atom stereocenters. The van der Waals surface area contributed by atoms with Gasteiger partial charge in [0.15, 0.2) is 0 Å². The van der Waals surface area contributed by atoms with Crippen molar-refractivity contribution < 1.29 is 28.7 Å². The summed E-state index contributed by atoms with van der Waals surface area (Å²) in [6.45, 7) is 0. The molecule has 0 aliphatic heterocycles. The predicted octanol–water partition coefficient (Wildman–Crippen LogP) is 4.47. The Labute approximate surface area is 124 Å². The van der Waals surface area contributed by atoms with Crippen LogP contribution in [0.4, 0.5) is 0 Å². The first-order valence-electron chi connectivity index (χ1n) is 4.65. The zero-order chi connectivity index (χ0) is 12.9. The standard InChI is InChI=1S/2C6H6O.2BrH.Zr/c2*7-6-4-2-1-3-5-6;;;/h2*1-5,7H;2*1H;/q;;;;+2/p-2. The Morgan fingerprint density at radius 3 is 1.00 bits per heavy atom. The summed E-state index contributed by atoms with van der Waals surface area (Å²) in [5.41, 5.74) is 0. The van der Waals surface area contributed by atoms with E-state index in [1.54, 1.807) is 48.5 Å². The molecule has 2 nitrogen and oxygen atoms in total. The van der Waals surface area contributed by atoms with Gasteiger partial charge < -0.3 is 10.2 Å². The van der Waals surface area contributed by atoms with Crippen LogP contribution in [0.1, 0.15) is 0 Å². The van der Waals surface area contributed by atoms with Crippen LogP contribution >= 0.6 is 24.4 Å². The summed E-state index contributed by atoms with van der Waals surface area (Å²) in [5.74, 6) is 0.644. The molecule has 2 aromatic rings. The Bertz CT molecular complexity index is 333. The molecule has 0 radical (unpaired) electrons. The number of halogens is 2. The normalized spacial score (nSPS) is 7.88. The third-order valence-corrected chi connectivity index (χ3v) is 1.51. The fraction of sp³-hybridized carbons (Fsp3) is 0. The molecule has 0 aromatic heterocycles. The first-order chi connectivity index (χ1) is 8.20. The molecule has 5 heteroatoms. The quantitative estimate of drug-likeness (QED) is 0.636. The second-order valence-electron chi connectivity index (χ2n) is 2.74. The van der Waals surface area contributed by atoms with E-state index < -0.39 is 0 Å². The van der Waals surface area contributed by atoms with E-state index in [9.17, 15) is 0 Å². The van der Waals surface area contributed by atoms with Crippen molar-refractivity contribution in [1.82, 2.24) is 0 Å². The predicted molar refractivity (Wildman–Crippen MR) is 74.1 cm³/mol. The minimum atomic E-state index is -0.145. The topological polar surface area (TPSA) is 40.5 Å². The second kappa shape index (κ2) is 12.3. The number of hydrogen-bond acceptors (Lipinski definition) is 2. The summed E-state index contributed by atoms with van der Waals surface area (Å²) in [5, 5.41) is 17.3. The zero-order valence-electron chi connectivity index (χ0n) is 8.92. The molecule has 0 amide bonds. The molecular formula is C12H12Br2O2Zr. The number of para-hydroxylation sites is 2. The van der Waals surface area contributed by atoms with Gasteiger partial charge in [0.25, 0.3) is 0 Å². The van der Waals surface area contributed by atoms with E-state index in [2.05, 4.69) is 24.4 Å². The molecule has 17 heavy (non-hydrogen) atoms. The second-order valence-corrected chi connectivity index (χ2v) is 14.1. The number of aromatic hydroxyl groups is 2. The molecule has 0 bridgehead atoms. The number of phenolic OH excluding ortho intramolecular Hbond substituents is 2. The summed E-state index contributed by atoms with van der Waals surface area (Å²) in [7, 11) is 0. The van der Waals surface area contributed by atoms with Crippen molar-refractivity contribution in [3.05, 3.63) is 60.7 Å². The van der Waals surface area contributed by atoms with Gasteiger partial charge in [-0.25, -0.2) is 0 Å². The van der Waals surface area contributed by atoms with Crippen LogP contribution in [0, 0.1) is 0 Å². The van der Waals surface area contributed by atoms with E-state index in [-0.39, 0.29) is 18.5 Å². The van der Waals surface area contributed by atoms with Crippen LogP contribution in [0.25, 0.3) is 0 Å². The fourth-order valence-electron chi connectivity index (χ4n) is 0.856. The van der Waals surface area contributed by atoms with Gasteiger partial charge >= 0.3 is 43.0 Å². The van der Waals surface area contributed by atoms with Crippen LogP contribution in [0.3, 0.4) is 0 Å². The van der Waals surface area contributed by atoms with Crippen molar-refractivity contribution in [2.24, 2.45) is 0 Å². The molecule has 2 N–H and O–H groups in total. The molecule has 0 fully saturated rings. The van der Waals surface area contributed by atoms with Crippen LogP contribution in [0.5, 0.6) is 11.5 Å². The Kier molecular flexibility index (Phi) is 12.3. The number of benzene rings is 2. The molecule has 0 saturated heterocycles. The fourth-order valence-corrected chi connectivity index (χ4v) is 0.856. The van der Waals surface area contributed by atoms with E-state index in [0.717, 1.165) is 0 Å². The van der Waals surface area contributed by atoms with Crippen molar-refractivity contribution in [3.63, 3.8) is 0 Å². The van der Waals surface area contributed by atoms with Crippen LogP contribution in [0.2, 0.25) is 0 Å².